The fraction of sp³-hybridized carbons (Fsp3) is 0.409. The monoisotopic (exact) mass is 355 g/mol. The fourth-order valence-electron chi connectivity index (χ4n) is 2.70. The van der Waals surface area contributed by atoms with Gasteiger partial charge >= 0.3 is 0 Å². The molecule has 2 N–H and O–H groups in total. The molecule has 2 unspecified atom stereocenters. The average molecular weight is 355 g/mol. The number of rotatable bonds is 8. The van der Waals surface area contributed by atoms with E-state index in [-0.39, 0.29) is 24.5 Å². The molecule has 2 rings (SSSR count). The quantitative estimate of drug-likeness (QED) is 0.757. The van der Waals surface area contributed by atoms with Gasteiger partial charge in [-0.15, -0.1) is 0 Å². The molecular formula is C22H29NO3. The zero-order valence-electron chi connectivity index (χ0n) is 16.0. The largest absolute Gasteiger partial charge is 0.491 e. The molecule has 4 heteroatoms. The van der Waals surface area contributed by atoms with Gasteiger partial charge in [0, 0.05) is 12.5 Å². The second-order valence-corrected chi connectivity index (χ2v) is 7.09. The summed E-state index contributed by atoms with van der Waals surface area (Å²) >= 11 is 0. The molecule has 1 amide bonds. The van der Waals surface area contributed by atoms with Crippen molar-refractivity contribution in [3.63, 3.8) is 0 Å². The number of ether oxygens (including phenoxy) is 1. The minimum atomic E-state index is -0.737. The van der Waals surface area contributed by atoms with Crippen LogP contribution in [0.2, 0.25) is 0 Å². The Labute approximate surface area is 156 Å². The lowest BCUT2D eigenvalue weighted by atomic mass is 9.99. The molecule has 0 aliphatic carbocycles. The summed E-state index contributed by atoms with van der Waals surface area (Å²) in [5.74, 6) is 0.572. The van der Waals surface area contributed by atoms with E-state index in [0.717, 1.165) is 16.9 Å². The minimum Gasteiger partial charge on any atom is -0.491 e. The molecule has 0 fully saturated rings. The lowest BCUT2D eigenvalue weighted by Gasteiger charge is -2.16. The molecule has 0 saturated heterocycles. The summed E-state index contributed by atoms with van der Waals surface area (Å²) in [7, 11) is 0. The number of aliphatic hydroxyl groups excluding tert-OH is 1. The van der Waals surface area contributed by atoms with Gasteiger partial charge < -0.3 is 15.2 Å². The first-order chi connectivity index (χ1) is 12.3. The van der Waals surface area contributed by atoms with E-state index in [2.05, 4.69) is 29.6 Å². The number of aliphatic hydroxyl groups is 1. The lowest BCUT2D eigenvalue weighted by molar-refractivity contribution is -0.124. The summed E-state index contributed by atoms with van der Waals surface area (Å²) in [5, 5.41) is 13.1. The first-order valence-corrected chi connectivity index (χ1v) is 9.13. The minimum absolute atomic E-state index is 0.0515. The second kappa shape index (κ2) is 9.39. The molecule has 140 valence electrons. The average Bonchev–Trinajstić information content (AvgIpc) is 2.61. The third kappa shape index (κ3) is 6.19. The molecule has 2 atom stereocenters. The van der Waals surface area contributed by atoms with E-state index in [1.807, 2.05) is 52.0 Å². The van der Waals surface area contributed by atoms with Crippen molar-refractivity contribution in [3.05, 3.63) is 65.2 Å². The molecule has 0 bridgehead atoms. The van der Waals surface area contributed by atoms with Gasteiger partial charge in [-0.05, 0) is 50.5 Å². The van der Waals surface area contributed by atoms with Crippen LogP contribution >= 0.6 is 0 Å². The Morgan fingerprint density at radius 3 is 2.23 bits per heavy atom. The number of benzene rings is 2. The first-order valence-electron chi connectivity index (χ1n) is 9.13. The van der Waals surface area contributed by atoms with Crippen molar-refractivity contribution in [3.8, 4) is 5.75 Å². The molecule has 0 radical (unpaired) electrons. The van der Waals surface area contributed by atoms with Crippen LogP contribution in [0.4, 0.5) is 0 Å². The Kier molecular flexibility index (Phi) is 7.22. The molecule has 0 spiro atoms. The molecule has 26 heavy (non-hydrogen) atoms. The Morgan fingerprint density at radius 1 is 1.04 bits per heavy atom. The lowest BCUT2D eigenvalue weighted by Crippen LogP contribution is -2.33. The van der Waals surface area contributed by atoms with Gasteiger partial charge in [-0.3, -0.25) is 4.79 Å². The summed E-state index contributed by atoms with van der Waals surface area (Å²) in [5.41, 5.74) is 3.10. The SMILES string of the molecule is Cc1ccc(CC(C)C(=O)NCC(O)c2ccc(OC(C)C)cc2)cc1. The number of hydrogen-bond donors (Lipinski definition) is 2. The molecule has 0 aliphatic heterocycles. The smallest absolute Gasteiger partial charge is 0.223 e. The van der Waals surface area contributed by atoms with Crippen molar-refractivity contribution >= 4 is 5.91 Å². The normalized spacial score (nSPS) is 13.3. The Morgan fingerprint density at radius 2 is 1.65 bits per heavy atom. The number of nitrogens with one attached hydrogen (secondary N) is 1. The van der Waals surface area contributed by atoms with Gasteiger partial charge in [0.05, 0.1) is 12.2 Å². The third-order valence-corrected chi connectivity index (χ3v) is 4.22. The van der Waals surface area contributed by atoms with Gasteiger partial charge in [0.15, 0.2) is 0 Å². The van der Waals surface area contributed by atoms with Crippen LogP contribution in [0.5, 0.6) is 5.75 Å². The van der Waals surface area contributed by atoms with E-state index in [4.69, 9.17) is 4.74 Å². The number of carbonyl (C=O) groups is 1. The Hall–Kier alpha value is -2.33. The summed E-state index contributed by atoms with van der Waals surface area (Å²) < 4.78 is 5.59. The van der Waals surface area contributed by atoms with Crippen molar-refractivity contribution in [2.24, 2.45) is 5.92 Å². The van der Waals surface area contributed by atoms with Gasteiger partial charge in [-0.2, -0.15) is 0 Å². The highest BCUT2D eigenvalue weighted by molar-refractivity contribution is 5.78. The molecule has 4 nitrogen and oxygen atoms in total. The van der Waals surface area contributed by atoms with Crippen molar-refractivity contribution in [1.29, 1.82) is 0 Å². The molecular weight excluding hydrogens is 326 g/mol. The number of hydrogen-bond acceptors (Lipinski definition) is 3. The zero-order chi connectivity index (χ0) is 19.1. The van der Waals surface area contributed by atoms with Gasteiger partial charge in [0.1, 0.15) is 5.75 Å². The number of aryl methyl sites for hydroxylation is 1. The maximum Gasteiger partial charge on any atom is 0.223 e. The highest BCUT2D eigenvalue weighted by Crippen LogP contribution is 2.18. The standard InChI is InChI=1S/C22H29NO3/c1-15(2)26-20-11-9-19(10-12-20)21(24)14-23-22(25)17(4)13-18-7-5-16(3)6-8-18/h5-12,15,17,21,24H,13-14H2,1-4H3,(H,23,25). The maximum atomic E-state index is 12.3. The van der Waals surface area contributed by atoms with Crippen molar-refractivity contribution in [1.82, 2.24) is 5.32 Å². The summed E-state index contributed by atoms with van der Waals surface area (Å²) in [6.07, 6.45) is 0.0578. The van der Waals surface area contributed by atoms with E-state index in [1.54, 1.807) is 0 Å². The van der Waals surface area contributed by atoms with E-state index < -0.39 is 6.10 Å². The van der Waals surface area contributed by atoms with Crippen LogP contribution in [0.15, 0.2) is 48.5 Å². The van der Waals surface area contributed by atoms with Crippen LogP contribution in [-0.2, 0) is 11.2 Å². The van der Waals surface area contributed by atoms with Crippen LogP contribution < -0.4 is 10.1 Å². The predicted molar refractivity (Wildman–Crippen MR) is 104 cm³/mol. The molecule has 2 aromatic rings. The highest BCUT2D eigenvalue weighted by Gasteiger charge is 2.15. The molecule has 0 heterocycles. The van der Waals surface area contributed by atoms with Crippen molar-refractivity contribution in [2.75, 3.05) is 6.54 Å². The van der Waals surface area contributed by atoms with E-state index in [9.17, 15) is 9.90 Å². The number of carbonyl (C=O) groups excluding carboxylic acids is 1. The number of amides is 1. The van der Waals surface area contributed by atoms with E-state index >= 15 is 0 Å². The molecule has 2 aromatic carbocycles. The van der Waals surface area contributed by atoms with Crippen molar-refractivity contribution < 1.29 is 14.6 Å². The maximum absolute atomic E-state index is 12.3. The van der Waals surface area contributed by atoms with Crippen LogP contribution in [0.1, 0.15) is 43.6 Å². The molecule has 0 aromatic heterocycles. The van der Waals surface area contributed by atoms with Crippen LogP contribution in [-0.4, -0.2) is 23.7 Å². The summed E-state index contributed by atoms with van der Waals surface area (Å²) in [6.45, 7) is 8.08. The van der Waals surface area contributed by atoms with Crippen LogP contribution in [0.25, 0.3) is 0 Å². The first kappa shape index (κ1) is 20.0. The topological polar surface area (TPSA) is 58.6 Å². The summed E-state index contributed by atoms with van der Waals surface area (Å²) in [4.78, 5) is 12.3. The zero-order valence-corrected chi connectivity index (χ0v) is 16.0. The van der Waals surface area contributed by atoms with E-state index in [0.29, 0.717) is 6.42 Å². The highest BCUT2D eigenvalue weighted by atomic mass is 16.5. The van der Waals surface area contributed by atoms with Gasteiger partial charge in [0.2, 0.25) is 5.91 Å². The Balaban J connectivity index is 1.82. The predicted octanol–water partition coefficient (Wildman–Crippen LogP) is 3.81. The van der Waals surface area contributed by atoms with Gasteiger partial charge in [-0.25, -0.2) is 0 Å². The second-order valence-electron chi connectivity index (χ2n) is 7.09. The fourth-order valence-corrected chi connectivity index (χ4v) is 2.70. The molecule has 0 aliphatic rings. The summed E-state index contributed by atoms with van der Waals surface area (Å²) in [6, 6.07) is 15.5. The van der Waals surface area contributed by atoms with Crippen LogP contribution in [0, 0.1) is 12.8 Å². The third-order valence-electron chi connectivity index (χ3n) is 4.22. The van der Waals surface area contributed by atoms with Crippen molar-refractivity contribution in [2.45, 2.75) is 46.3 Å². The molecule has 0 saturated carbocycles. The van der Waals surface area contributed by atoms with Gasteiger partial charge in [-0.1, -0.05) is 48.9 Å². The van der Waals surface area contributed by atoms with Gasteiger partial charge in [0.25, 0.3) is 0 Å². The van der Waals surface area contributed by atoms with Crippen LogP contribution in [0.3, 0.4) is 0 Å². The van der Waals surface area contributed by atoms with E-state index in [1.165, 1.54) is 5.56 Å². The Bertz CT molecular complexity index is 692.